The molecule has 0 aliphatic rings. The van der Waals surface area contributed by atoms with E-state index in [9.17, 15) is 9.59 Å². The molecule has 0 saturated carbocycles. The van der Waals surface area contributed by atoms with Gasteiger partial charge in [-0.2, -0.15) is 0 Å². The maximum absolute atomic E-state index is 13.2. The van der Waals surface area contributed by atoms with Crippen LogP contribution in [0.5, 0.6) is 5.75 Å². The molecule has 4 aromatic rings. The van der Waals surface area contributed by atoms with Crippen molar-refractivity contribution in [1.82, 2.24) is 0 Å². The normalized spacial score (nSPS) is 10.9. The van der Waals surface area contributed by atoms with Gasteiger partial charge in [-0.25, -0.2) is 4.79 Å². The minimum absolute atomic E-state index is 0.144. The second-order valence-corrected chi connectivity index (χ2v) is 7.54. The number of furan rings is 1. The highest BCUT2D eigenvalue weighted by Gasteiger charge is 2.20. The molecule has 0 atom stereocenters. The van der Waals surface area contributed by atoms with E-state index in [1.165, 1.54) is 7.11 Å². The number of methoxy groups -OCH3 is 1. The quantitative estimate of drug-likeness (QED) is 0.360. The Hall–Kier alpha value is -3.80. The number of hydrogen-bond donors (Lipinski definition) is 1. The van der Waals surface area contributed by atoms with Gasteiger partial charge in [0.25, 0.3) is 5.91 Å². The van der Waals surface area contributed by atoms with Crippen molar-refractivity contribution in [2.75, 3.05) is 19.0 Å². The average molecular weight is 431 g/mol. The van der Waals surface area contributed by atoms with E-state index in [0.717, 1.165) is 46.8 Å². The van der Waals surface area contributed by atoms with Gasteiger partial charge in [0.1, 0.15) is 17.1 Å². The van der Waals surface area contributed by atoms with Crippen molar-refractivity contribution in [3.63, 3.8) is 0 Å². The molecule has 6 nitrogen and oxygen atoms in total. The fourth-order valence-corrected chi connectivity index (χ4v) is 3.64. The number of carbonyl (C=O) groups excluding carboxylic acids is 2. The molecule has 0 unspecified atom stereocenters. The van der Waals surface area contributed by atoms with Crippen molar-refractivity contribution in [3.05, 3.63) is 72.0 Å². The van der Waals surface area contributed by atoms with Crippen molar-refractivity contribution in [3.8, 4) is 5.75 Å². The zero-order valence-corrected chi connectivity index (χ0v) is 18.1. The zero-order chi connectivity index (χ0) is 22.5. The number of hydrogen-bond acceptors (Lipinski definition) is 5. The first-order valence-electron chi connectivity index (χ1n) is 10.6. The first-order chi connectivity index (χ1) is 15.6. The van der Waals surface area contributed by atoms with E-state index in [0.29, 0.717) is 17.0 Å². The van der Waals surface area contributed by atoms with Gasteiger partial charge in [0.2, 0.25) is 0 Å². The van der Waals surface area contributed by atoms with Crippen LogP contribution in [-0.2, 0) is 16.0 Å². The van der Waals surface area contributed by atoms with Gasteiger partial charge in [0.15, 0.2) is 6.61 Å². The highest BCUT2D eigenvalue weighted by molar-refractivity contribution is 6.13. The number of para-hydroxylation sites is 1. The van der Waals surface area contributed by atoms with E-state index in [1.54, 1.807) is 6.07 Å². The Morgan fingerprint density at radius 3 is 2.59 bits per heavy atom. The summed E-state index contributed by atoms with van der Waals surface area (Å²) < 4.78 is 16.0. The molecular formula is C26H25NO5. The molecule has 0 aliphatic carbocycles. The van der Waals surface area contributed by atoms with Crippen molar-refractivity contribution >= 4 is 39.3 Å². The third kappa shape index (κ3) is 4.59. The van der Waals surface area contributed by atoms with E-state index >= 15 is 0 Å². The van der Waals surface area contributed by atoms with E-state index in [-0.39, 0.29) is 12.5 Å². The smallest absolute Gasteiger partial charge is 0.343 e. The molecule has 6 heteroatoms. The lowest BCUT2D eigenvalue weighted by atomic mass is 10.1. The van der Waals surface area contributed by atoms with Crippen LogP contribution >= 0.6 is 0 Å². The summed E-state index contributed by atoms with van der Waals surface area (Å²) in [5, 5.41) is 5.71. The fourth-order valence-electron chi connectivity index (χ4n) is 3.64. The maximum Gasteiger partial charge on any atom is 0.343 e. The fraction of sp³-hybridized carbons (Fsp3) is 0.231. The number of esters is 1. The third-order valence-corrected chi connectivity index (χ3v) is 5.31. The van der Waals surface area contributed by atoms with Gasteiger partial charge in [0, 0.05) is 17.5 Å². The number of aryl methyl sites for hydroxylation is 1. The Morgan fingerprint density at radius 1 is 1.00 bits per heavy atom. The molecule has 0 aliphatic heterocycles. The lowest BCUT2D eigenvalue weighted by Crippen LogP contribution is -2.13. The molecule has 0 fully saturated rings. The predicted molar refractivity (Wildman–Crippen MR) is 124 cm³/mol. The van der Waals surface area contributed by atoms with E-state index < -0.39 is 5.97 Å². The summed E-state index contributed by atoms with van der Waals surface area (Å²) in [5.74, 6) is 0.676. The van der Waals surface area contributed by atoms with Gasteiger partial charge >= 0.3 is 5.97 Å². The average Bonchev–Trinajstić information content (AvgIpc) is 3.19. The number of fused-ring (bicyclic) bond motifs is 2. The molecule has 1 amide bonds. The van der Waals surface area contributed by atoms with Crippen LogP contribution in [0.2, 0.25) is 0 Å². The van der Waals surface area contributed by atoms with Gasteiger partial charge in [-0.15, -0.1) is 0 Å². The first-order valence-corrected chi connectivity index (χ1v) is 10.6. The van der Waals surface area contributed by atoms with Crippen LogP contribution in [0.3, 0.4) is 0 Å². The summed E-state index contributed by atoms with van der Waals surface area (Å²) in [6.07, 6.45) is 2.70. The van der Waals surface area contributed by atoms with Crippen LogP contribution in [0.1, 0.15) is 35.9 Å². The molecule has 0 radical (unpaired) electrons. The second kappa shape index (κ2) is 9.56. The molecule has 0 bridgehead atoms. The van der Waals surface area contributed by atoms with Gasteiger partial charge in [-0.1, -0.05) is 43.7 Å². The van der Waals surface area contributed by atoms with Crippen LogP contribution in [0, 0.1) is 0 Å². The summed E-state index contributed by atoms with van der Waals surface area (Å²) in [6.45, 7) is 1.97. The van der Waals surface area contributed by atoms with Crippen molar-refractivity contribution < 1.29 is 23.5 Å². The monoisotopic (exact) mass is 431 g/mol. The summed E-state index contributed by atoms with van der Waals surface area (Å²) in [4.78, 5) is 24.5. The Labute approximate surface area is 186 Å². The van der Waals surface area contributed by atoms with E-state index in [4.69, 9.17) is 9.15 Å². The largest absolute Gasteiger partial charge is 0.482 e. The summed E-state index contributed by atoms with van der Waals surface area (Å²) in [6, 6.07) is 18.8. The number of nitrogens with one attached hydrogen (secondary N) is 1. The minimum Gasteiger partial charge on any atom is -0.482 e. The number of benzene rings is 3. The number of amides is 1. The molecule has 1 N–H and O–H groups in total. The lowest BCUT2D eigenvalue weighted by Gasteiger charge is -2.09. The van der Waals surface area contributed by atoms with Crippen molar-refractivity contribution in [2.45, 2.75) is 26.2 Å². The summed E-state index contributed by atoms with van der Waals surface area (Å²) >= 11 is 0. The van der Waals surface area contributed by atoms with Crippen LogP contribution in [-0.4, -0.2) is 25.6 Å². The summed E-state index contributed by atoms with van der Waals surface area (Å²) in [5.41, 5.74) is 2.01. The first kappa shape index (κ1) is 21.4. The van der Waals surface area contributed by atoms with Crippen LogP contribution in [0.4, 0.5) is 5.69 Å². The number of unbranched alkanes of at least 4 members (excludes halogenated alkanes) is 1. The molecule has 3 aromatic carbocycles. The van der Waals surface area contributed by atoms with Gasteiger partial charge in [-0.3, -0.25) is 4.79 Å². The van der Waals surface area contributed by atoms with Crippen molar-refractivity contribution in [1.29, 1.82) is 0 Å². The number of ether oxygens (including phenoxy) is 2. The lowest BCUT2D eigenvalue weighted by molar-refractivity contribution is -0.142. The van der Waals surface area contributed by atoms with E-state index in [2.05, 4.69) is 17.0 Å². The molecule has 1 aromatic heterocycles. The number of carbonyl (C=O) groups is 2. The van der Waals surface area contributed by atoms with Crippen LogP contribution in [0.15, 0.2) is 65.1 Å². The van der Waals surface area contributed by atoms with Crippen LogP contribution in [0.25, 0.3) is 21.7 Å². The van der Waals surface area contributed by atoms with Gasteiger partial charge in [-0.05, 0) is 47.5 Å². The molecule has 164 valence electrons. The Kier molecular flexibility index (Phi) is 6.40. The SMILES string of the molecule is CCCCc1oc2ccccc2c1C(=O)Nc1ccc2cc(OCC(=O)OC)ccc2c1. The molecule has 4 rings (SSSR count). The highest BCUT2D eigenvalue weighted by Crippen LogP contribution is 2.29. The minimum atomic E-state index is -0.437. The zero-order valence-electron chi connectivity index (χ0n) is 18.1. The van der Waals surface area contributed by atoms with Gasteiger partial charge < -0.3 is 19.2 Å². The van der Waals surface area contributed by atoms with E-state index in [1.807, 2.05) is 54.6 Å². The maximum atomic E-state index is 13.2. The van der Waals surface area contributed by atoms with Gasteiger partial charge in [0.05, 0.1) is 12.7 Å². The topological polar surface area (TPSA) is 77.8 Å². The Morgan fingerprint density at radius 2 is 1.78 bits per heavy atom. The molecule has 0 spiro atoms. The van der Waals surface area contributed by atoms with Crippen molar-refractivity contribution in [2.24, 2.45) is 0 Å². The predicted octanol–water partition coefficient (Wildman–Crippen LogP) is 5.73. The molecule has 1 heterocycles. The number of rotatable bonds is 8. The van der Waals surface area contributed by atoms with Crippen LogP contribution < -0.4 is 10.1 Å². The third-order valence-electron chi connectivity index (χ3n) is 5.31. The Balaban J connectivity index is 1.57. The summed E-state index contributed by atoms with van der Waals surface area (Å²) in [7, 11) is 1.32. The second-order valence-electron chi connectivity index (χ2n) is 7.54. The Bertz CT molecular complexity index is 1270. The highest BCUT2D eigenvalue weighted by atomic mass is 16.6. The standard InChI is InChI=1S/C26H25NO5/c1-3-4-8-23-25(21-7-5-6-9-22(21)32-23)26(29)27-19-12-10-18-15-20(13-11-17(18)14-19)31-16-24(28)30-2/h5-7,9-15H,3-4,8,16H2,1-2H3,(H,27,29). The molecule has 0 saturated heterocycles. The molecular weight excluding hydrogens is 406 g/mol. The number of anilines is 1. The molecule has 32 heavy (non-hydrogen) atoms.